The Labute approximate surface area is 188 Å². The number of hydrogen-bond acceptors (Lipinski definition) is 6. The van der Waals surface area contributed by atoms with Crippen LogP contribution in [0.3, 0.4) is 0 Å². The van der Waals surface area contributed by atoms with Crippen molar-refractivity contribution in [2.45, 2.75) is 44.7 Å². The zero-order valence-corrected chi connectivity index (χ0v) is 19.1. The molecule has 0 bridgehead atoms. The Morgan fingerprint density at radius 1 is 1.22 bits per heavy atom. The minimum absolute atomic E-state index is 0.0808. The molecule has 32 heavy (non-hydrogen) atoms. The van der Waals surface area contributed by atoms with Gasteiger partial charge in [-0.1, -0.05) is 24.3 Å². The summed E-state index contributed by atoms with van der Waals surface area (Å²) in [6.45, 7) is 4.72. The normalized spacial score (nSPS) is 23.8. The Morgan fingerprint density at radius 2 is 2.03 bits per heavy atom. The smallest absolute Gasteiger partial charge is 0.209 e. The van der Waals surface area contributed by atoms with Gasteiger partial charge in [0.2, 0.25) is 10.0 Å². The van der Waals surface area contributed by atoms with Gasteiger partial charge in [0.1, 0.15) is 17.8 Å². The Morgan fingerprint density at radius 3 is 2.72 bits per heavy atom. The molecule has 2 fully saturated rings. The zero-order chi connectivity index (χ0) is 22.5. The Hall–Kier alpha value is -2.49. The van der Waals surface area contributed by atoms with E-state index >= 15 is 0 Å². The average Bonchev–Trinajstić information content (AvgIpc) is 3.10. The maximum absolute atomic E-state index is 11.4. The Bertz CT molecular complexity index is 1250. The van der Waals surface area contributed by atoms with Gasteiger partial charge >= 0.3 is 0 Å². The van der Waals surface area contributed by atoms with E-state index in [9.17, 15) is 8.42 Å². The fourth-order valence-electron chi connectivity index (χ4n) is 5.01. The van der Waals surface area contributed by atoms with Crippen LogP contribution in [0, 0.1) is 5.92 Å². The van der Waals surface area contributed by atoms with Crippen molar-refractivity contribution >= 4 is 26.9 Å². The summed E-state index contributed by atoms with van der Waals surface area (Å²) in [4.78, 5) is 11.4. The van der Waals surface area contributed by atoms with Gasteiger partial charge < -0.3 is 15.2 Å². The maximum Gasteiger partial charge on any atom is 0.209 e. The van der Waals surface area contributed by atoms with Crippen molar-refractivity contribution in [2.24, 2.45) is 11.1 Å². The van der Waals surface area contributed by atoms with Gasteiger partial charge in [0.25, 0.3) is 0 Å². The van der Waals surface area contributed by atoms with Gasteiger partial charge in [0.05, 0.1) is 11.1 Å². The summed E-state index contributed by atoms with van der Waals surface area (Å²) in [5.41, 5.74) is 10.0. The van der Waals surface area contributed by atoms with Crippen molar-refractivity contribution in [3.8, 4) is 11.1 Å². The van der Waals surface area contributed by atoms with Crippen LogP contribution in [-0.2, 0) is 16.4 Å². The molecule has 0 radical (unpaired) electrons. The third kappa shape index (κ3) is 4.12. The molecular formula is C23H30N6O2S. The SMILES string of the molecule is C[C@@H]1CCN1C[C@H]1C[C@@H](n2cc(-c3cccc(CCS(N)(=O)=O)c3)c3c(N)ncnc32)C1. The quantitative estimate of drug-likeness (QED) is 0.566. The molecule has 1 saturated carbocycles. The molecule has 170 valence electrons. The molecule has 9 heteroatoms. The molecule has 0 amide bonds. The lowest BCUT2D eigenvalue weighted by Gasteiger charge is -2.45. The predicted molar refractivity (Wildman–Crippen MR) is 126 cm³/mol. The lowest BCUT2D eigenvalue weighted by atomic mass is 9.79. The second kappa shape index (κ2) is 8.13. The van der Waals surface area contributed by atoms with Crippen LogP contribution >= 0.6 is 0 Å². The van der Waals surface area contributed by atoms with Crippen LogP contribution in [0.1, 0.15) is 37.8 Å². The van der Waals surface area contributed by atoms with Crippen molar-refractivity contribution in [3.05, 3.63) is 42.4 Å². The van der Waals surface area contributed by atoms with Crippen LogP contribution in [0.25, 0.3) is 22.2 Å². The summed E-state index contributed by atoms with van der Waals surface area (Å²) < 4.78 is 25.0. The number of sulfonamides is 1. The van der Waals surface area contributed by atoms with E-state index in [2.05, 4.69) is 32.6 Å². The molecule has 1 aliphatic heterocycles. The van der Waals surface area contributed by atoms with Crippen LogP contribution in [-0.4, -0.2) is 52.7 Å². The number of rotatable bonds is 7. The number of likely N-dealkylation sites (tertiary alicyclic amines) is 1. The van der Waals surface area contributed by atoms with E-state index in [1.807, 2.05) is 24.3 Å². The molecule has 1 atom stereocenters. The lowest BCUT2D eigenvalue weighted by Crippen LogP contribution is -2.49. The number of primary sulfonamides is 1. The van der Waals surface area contributed by atoms with Gasteiger partial charge in [0, 0.05) is 30.4 Å². The molecule has 4 N–H and O–H groups in total. The van der Waals surface area contributed by atoms with Crippen molar-refractivity contribution in [1.29, 1.82) is 0 Å². The number of aromatic nitrogens is 3. The Kier molecular flexibility index (Phi) is 5.43. The summed E-state index contributed by atoms with van der Waals surface area (Å²) in [6.07, 6.45) is 7.64. The van der Waals surface area contributed by atoms with Crippen molar-refractivity contribution < 1.29 is 8.42 Å². The molecule has 1 aromatic carbocycles. The highest BCUT2D eigenvalue weighted by atomic mass is 32.2. The minimum Gasteiger partial charge on any atom is -0.383 e. The van der Waals surface area contributed by atoms with Crippen LogP contribution in [0.5, 0.6) is 0 Å². The number of nitrogens with two attached hydrogens (primary N) is 2. The lowest BCUT2D eigenvalue weighted by molar-refractivity contribution is 0.0481. The highest BCUT2D eigenvalue weighted by Crippen LogP contribution is 2.43. The monoisotopic (exact) mass is 454 g/mol. The Balaban J connectivity index is 1.42. The summed E-state index contributed by atoms with van der Waals surface area (Å²) in [5.74, 6) is 1.11. The van der Waals surface area contributed by atoms with Gasteiger partial charge in [-0.05, 0) is 56.2 Å². The van der Waals surface area contributed by atoms with E-state index in [1.165, 1.54) is 25.8 Å². The summed E-state index contributed by atoms with van der Waals surface area (Å²) in [7, 11) is -3.51. The van der Waals surface area contributed by atoms with Gasteiger partial charge in [-0.15, -0.1) is 0 Å². The van der Waals surface area contributed by atoms with E-state index in [0.29, 0.717) is 18.3 Å². The molecule has 0 unspecified atom stereocenters. The number of benzene rings is 1. The first kappa shape index (κ1) is 21.4. The summed E-state index contributed by atoms with van der Waals surface area (Å²) in [6, 6.07) is 9.01. The highest BCUT2D eigenvalue weighted by Gasteiger charge is 2.36. The molecule has 5 rings (SSSR count). The topological polar surface area (TPSA) is 120 Å². The number of hydrogen-bond donors (Lipinski definition) is 2. The van der Waals surface area contributed by atoms with Crippen LogP contribution < -0.4 is 10.9 Å². The predicted octanol–water partition coefficient (Wildman–Crippen LogP) is 2.56. The second-order valence-electron chi connectivity index (χ2n) is 9.35. The molecule has 1 aliphatic carbocycles. The molecule has 0 spiro atoms. The summed E-state index contributed by atoms with van der Waals surface area (Å²) in [5, 5.41) is 6.04. The molecule has 1 saturated heterocycles. The largest absolute Gasteiger partial charge is 0.383 e. The van der Waals surface area contributed by atoms with E-state index in [-0.39, 0.29) is 5.75 Å². The van der Waals surface area contributed by atoms with Crippen molar-refractivity contribution in [1.82, 2.24) is 19.4 Å². The minimum atomic E-state index is -3.51. The van der Waals surface area contributed by atoms with Gasteiger partial charge in [-0.25, -0.2) is 23.5 Å². The average molecular weight is 455 g/mol. The fourth-order valence-corrected chi connectivity index (χ4v) is 5.53. The maximum atomic E-state index is 11.4. The molecule has 8 nitrogen and oxygen atoms in total. The van der Waals surface area contributed by atoms with Crippen LogP contribution in [0.2, 0.25) is 0 Å². The number of anilines is 1. The van der Waals surface area contributed by atoms with E-state index < -0.39 is 10.0 Å². The molecule has 2 aromatic heterocycles. The van der Waals surface area contributed by atoms with Crippen molar-refractivity contribution in [2.75, 3.05) is 24.6 Å². The van der Waals surface area contributed by atoms with Gasteiger partial charge in [0.15, 0.2) is 0 Å². The molecular weight excluding hydrogens is 424 g/mol. The van der Waals surface area contributed by atoms with Crippen LogP contribution in [0.4, 0.5) is 5.82 Å². The zero-order valence-electron chi connectivity index (χ0n) is 18.3. The number of aryl methyl sites for hydroxylation is 1. The van der Waals surface area contributed by atoms with E-state index in [0.717, 1.165) is 52.5 Å². The van der Waals surface area contributed by atoms with Gasteiger partial charge in [-0.2, -0.15) is 0 Å². The number of fused-ring (bicyclic) bond motifs is 1. The molecule has 3 heterocycles. The van der Waals surface area contributed by atoms with Gasteiger partial charge in [-0.3, -0.25) is 0 Å². The first-order chi connectivity index (χ1) is 15.3. The van der Waals surface area contributed by atoms with Crippen molar-refractivity contribution in [3.63, 3.8) is 0 Å². The first-order valence-corrected chi connectivity index (χ1v) is 12.9. The van der Waals surface area contributed by atoms with E-state index in [1.54, 1.807) is 0 Å². The first-order valence-electron chi connectivity index (χ1n) is 11.2. The number of nitrogen functional groups attached to an aromatic ring is 1. The van der Waals surface area contributed by atoms with Crippen LogP contribution in [0.15, 0.2) is 36.8 Å². The van der Waals surface area contributed by atoms with E-state index in [4.69, 9.17) is 10.9 Å². The molecule has 3 aromatic rings. The number of nitrogens with zero attached hydrogens (tertiary/aromatic N) is 4. The third-order valence-electron chi connectivity index (χ3n) is 7.11. The standard InChI is InChI=1S/C23H30N6O2S/c1-15-5-7-28(15)12-17-10-19(11-17)29-13-20(21-22(24)26-14-27-23(21)29)18-4-2-3-16(9-18)6-8-32(25,30)31/h2-4,9,13-15,17,19H,5-8,10-12H2,1H3,(H2,24,26,27)(H2,25,30,31)/t15-,17-,19+/m1/s1. The third-order valence-corrected chi connectivity index (χ3v) is 7.88. The summed E-state index contributed by atoms with van der Waals surface area (Å²) >= 11 is 0. The highest BCUT2D eigenvalue weighted by molar-refractivity contribution is 7.89. The molecule has 2 aliphatic rings. The fraction of sp³-hybridized carbons (Fsp3) is 0.478. The second-order valence-corrected chi connectivity index (χ2v) is 11.1.